The van der Waals surface area contributed by atoms with Gasteiger partial charge in [-0.25, -0.2) is 4.79 Å². The molecule has 0 amide bonds. The van der Waals surface area contributed by atoms with Gasteiger partial charge >= 0.3 is 5.97 Å². The molecule has 6 nitrogen and oxygen atoms in total. The van der Waals surface area contributed by atoms with E-state index in [9.17, 15) is 18.3 Å². The van der Waals surface area contributed by atoms with E-state index in [1.807, 2.05) is 43.3 Å². The fourth-order valence-electron chi connectivity index (χ4n) is 3.39. The quantitative estimate of drug-likeness (QED) is 0.732. The van der Waals surface area contributed by atoms with Gasteiger partial charge in [-0.15, -0.1) is 5.10 Å². The number of hydrogen-bond acceptors (Lipinski definition) is 4. The summed E-state index contributed by atoms with van der Waals surface area (Å²) < 4.78 is 27.2. The van der Waals surface area contributed by atoms with E-state index in [-0.39, 0.29) is 16.5 Å². The van der Waals surface area contributed by atoms with E-state index in [0.717, 1.165) is 15.2 Å². The first-order valence-electron chi connectivity index (χ1n) is 8.78. The van der Waals surface area contributed by atoms with E-state index >= 15 is 0 Å². The van der Waals surface area contributed by atoms with Crippen LogP contribution in [0.1, 0.15) is 38.8 Å². The number of rotatable bonds is 4. The number of aryl methyl sites for hydroxylation is 1. The Balaban J connectivity index is 1.85. The van der Waals surface area contributed by atoms with E-state index in [1.165, 1.54) is 12.1 Å². The lowest BCUT2D eigenvalue weighted by Crippen LogP contribution is -2.20. The normalized spacial score (nSPS) is 16.0. The molecule has 1 unspecified atom stereocenters. The van der Waals surface area contributed by atoms with Crippen LogP contribution in [0.25, 0.3) is 6.08 Å². The van der Waals surface area contributed by atoms with Crippen molar-refractivity contribution in [2.75, 3.05) is 0 Å². The summed E-state index contributed by atoms with van der Waals surface area (Å²) in [6, 6.07) is 16.1. The molecular weight excluding hydrogens is 376 g/mol. The number of benzene rings is 2. The maximum Gasteiger partial charge on any atom is 0.357 e. The Morgan fingerprint density at radius 3 is 2.43 bits per heavy atom. The van der Waals surface area contributed by atoms with Crippen molar-refractivity contribution in [3.05, 3.63) is 88.8 Å². The molecule has 2 aromatic carbocycles. The summed E-state index contributed by atoms with van der Waals surface area (Å²) in [6.45, 7) is 1.87. The van der Waals surface area contributed by atoms with Crippen molar-refractivity contribution in [3.8, 4) is 0 Å². The zero-order valence-electron chi connectivity index (χ0n) is 15.1. The average Bonchev–Trinajstić information content (AvgIpc) is 3.09. The fraction of sp³-hybridized carbons (Fsp3) is 0.143. The molecule has 0 radical (unpaired) electrons. The third-order valence-corrected chi connectivity index (χ3v) is 6.50. The third-order valence-electron chi connectivity index (χ3n) is 4.87. The molecule has 1 N–H and O–H groups in total. The molecule has 0 saturated heterocycles. The molecule has 0 spiro atoms. The molecule has 1 atom stereocenters. The van der Waals surface area contributed by atoms with Gasteiger partial charge in [0.2, 0.25) is 0 Å². The maximum atomic E-state index is 13.2. The topological polar surface area (TPSA) is 89.3 Å². The lowest BCUT2D eigenvalue weighted by molar-refractivity contribution is 0.0690. The first-order chi connectivity index (χ1) is 13.4. The highest BCUT2D eigenvalue weighted by molar-refractivity contribution is 7.89. The Hall–Kier alpha value is -3.19. The minimum Gasteiger partial charge on any atom is -0.476 e. The molecule has 1 aliphatic carbocycles. The van der Waals surface area contributed by atoms with Crippen molar-refractivity contribution < 1.29 is 18.3 Å². The number of hydrogen-bond donors (Lipinski definition) is 1. The van der Waals surface area contributed by atoms with Gasteiger partial charge in [0.1, 0.15) is 0 Å². The van der Waals surface area contributed by atoms with Crippen LogP contribution in [-0.2, 0) is 16.4 Å². The minimum absolute atomic E-state index is 0.0565. The molecule has 28 heavy (non-hydrogen) atoms. The molecule has 0 saturated carbocycles. The molecule has 1 heterocycles. The molecule has 4 rings (SSSR count). The number of carboxylic acid groups (broad SMARTS) is 1. The third kappa shape index (κ3) is 3.03. The van der Waals surface area contributed by atoms with Gasteiger partial charge < -0.3 is 5.11 Å². The van der Waals surface area contributed by atoms with Gasteiger partial charge in [0, 0.05) is 17.9 Å². The van der Waals surface area contributed by atoms with Crippen molar-refractivity contribution in [2.45, 2.75) is 24.2 Å². The van der Waals surface area contributed by atoms with Crippen molar-refractivity contribution in [2.24, 2.45) is 0 Å². The second kappa shape index (κ2) is 6.76. The van der Waals surface area contributed by atoms with Crippen LogP contribution in [0, 0.1) is 6.92 Å². The predicted octanol–water partition coefficient (Wildman–Crippen LogP) is 3.48. The Morgan fingerprint density at radius 1 is 1.11 bits per heavy atom. The summed E-state index contributed by atoms with van der Waals surface area (Å²) >= 11 is 0. The first-order valence-corrected chi connectivity index (χ1v) is 10.2. The average molecular weight is 394 g/mol. The van der Waals surface area contributed by atoms with Crippen LogP contribution in [-0.4, -0.2) is 28.7 Å². The number of nitrogens with zero attached hydrogens (tertiary/aromatic N) is 2. The number of carboxylic acids is 1. The molecule has 0 fully saturated rings. The summed E-state index contributed by atoms with van der Waals surface area (Å²) in [5.74, 6) is -1.31. The molecule has 142 valence electrons. The number of aromatic carboxylic acids is 1. The second-order valence-electron chi connectivity index (χ2n) is 6.76. The van der Waals surface area contributed by atoms with Crippen LogP contribution < -0.4 is 0 Å². The van der Waals surface area contributed by atoms with E-state index in [1.54, 1.807) is 18.2 Å². The van der Waals surface area contributed by atoms with Crippen LogP contribution in [0.4, 0.5) is 0 Å². The maximum absolute atomic E-state index is 13.2. The largest absolute Gasteiger partial charge is 0.476 e. The predicted molar refractivity (Wildman–Crippen MR) is 105 cm³/mol. The van der Waals surface area contributed by atoms with Crippen molar-refractivity contribution in [3.63, 3.8) is 0 Å². The van der Waals surface area contributed by atoms with Crippen molar-refractivity contribution in [1.82, 2.24) is 9.19 Å². The summed E-state index contributed by atoms with van der Waals surface area (Å²) in [4.78, 5) is 11.7. The van der Waals surface area contributed by atoms with Gasteiger partial charge in [0.15, 0.2) is 5.69 Å². The summed E-state index contributed by atoms with van der Waals surface area (Å²) in [6.07, 6.45) is 3.91. The number of fused-ring (bicyclic) bond motifs is 1. The summed E-state index contributed by atoms with van der Waals surface area (Å²) in [5, 5.41) is 13.5. The lowest BCUT2D eigenvalue weighted by atomic mass is 9.88. The molecule has 0 bridgehead atoms. The van der Waals surface area contributed by atoms with Crippen LogP contribution in [0.15, 0.2) is 65.6 Å². The molecule has 3 aromatic rings. The summed E-state index contributed by atoms with van der Waals surface area (Å²) in [7, 11) is -4.01. The molecular formula is C21H18N2O4S. The number of allylic oxidation sites excluding steroid dienone is 1. The molecule has 1 aromatic heterocycles. The Labute approximate surface area is 162 Å². The van der Waals surface area contributed by atoms with Gasteiger partial charge in [0.05, 0.1) is 10.6 Å². The van der Waals surface area contributed by atoms with Gasteiger partial charge in [-0.05, 0) is 24.6 Å². The summed E-state index contributed by atoms with van der Waals surface area (Å²) in [5.41, 5.74) is 2.43. The lowest BCUT2D eigenvalue weighted by Gasteiger charge is -2.19. The standard InChI is InChI=1S/C21H18N2O4S/c1-14-7-10-17(11-8-14)28(26,27)23-19-13-16(15-5-3-2-4-6-15)9-12-18(19)20(22-23)21(24)25/h2-12,16H,13H2,1H3,(H,24,25). The van der Waals surface area contributed by atoms with Crippen LogP contribution in [0.2, 0.25) is 0 Å². The highest BCUT2D eigenvalue weighted by atomic mass is 32.2. The van der Waals surface area contributed by atoms with Crippen LogP contribution in [0.5, 0.6) is 0 Å². The molecule has 7 heteroatoms. The first kappa shape index (κ1) is 18.2. The van der Waals surface area contributed by atoms with Gasteiger partial charge in [-0.1, -0.05) is 60.2 Å². The monoisotopic (exact) mass is 394 g/mol. The van der Waals surface area contributed by atoms with Gasteiger partial charge in [-0.3, -0.25) is 0 Å². The fourth-order valence-corrected chi connectivity index (χ4v) is 4.72. The van der Waals surface area contributed by atoms with Gasteiger partial charge in [-0.2, -0.15) is 12.5 Å². The van der Waals surface area contributed by atoms with E-state index in [0.29, 0.717) is 17.7 Å². The highest BCUT2D eigenvalue weighted by Gasteiger charge is 2.31. The highest BCUT2D eigenvalue weighted by Crippen LogP contribution is 2.33. The van der Waals surface area contributed by atoms with Crippen LogP contribution >= 0.6 is 0 Å². The second-order valence-corrected chi connectivity index (χ2v) is 8.52. The van der Waals surface area contributed by atoms with E-state index in [4.69, 9.17) is 0 Å². The Kier molecular flexibility index (Phi) is 4.39. The zero-order valence-corrected chi connectivity index (χ0v) is 15.9. The van der Waals surface area contributed by atoms with E-state index in [2.05, 4.69) is 5.10 Å². The zero-order chi connectivity index (χ0) is 19.9. The SMILES string of the molecule is Cc1ccc(S(=O)(=O)n2nc(C(=O)O)c3c2CC(c2ccccc2)C=C3)cc1. The number of carbonyl (C=O) groups is 1. The molecule has 1 aliphatic rings. The smallest absolute Gasteiger partial charge is 0.357 e. The Morgan fingerprint density at radius 2 is 1.79 bits per heavy atom. The van der Waals surface area contributed by atoms with Gasteiger partial charge in [0.25, 0.3) is 10.0 Å². The Bertz CT molecular complexity index is 1180. The number of aromatic nitrogens is 2. The van der Waals surface area contributed by atoms with Crippen LogP contribution in [0.3, 0.4) is 0 Å². The van der Waals surface area contributed by atoms with E-state index < -0.39 is 16.0 Å². The molecule has 0 aliphatic heterocycles. The van der Waals surface area contributed by atoms with Crippen molar-refractivity contribution >= 4 is 22.1 Å². The van der Waals surface area contributed by atoms with Crippen molar-refractivity contribution in [1.29, 1.82) is 0 Å². The minimum atomic E-state index is -4.01.